The van der Waals surface area contributed by atoms with Gasteiger partial charge in [-0.15, -0.1) is 0 Å². The molecular formula is C23H30O5S. The lowest BCUT2D eigenvalue weighted by Crippen LogP contribution is -2.35. The molecule has 0 bridgehead atoms. The van der Waals surface area contributed by atoms with Crippen LogP contribution in [0.2, 0.25) is 0 Å². The van der Waals surface area contributed by atoms with Gasteiger partial charge in [0, 0.05) is 0 Å². The number of fused-ring (bicyclic) bond motifs is 1. The summed E-state index contributed by atoms with van der Waals surface area (Å²) in [5.41, 5.74) is 3.00. The predicted molar refractivity (Wildman–Crippen MR) is 112 cm³/mol. The number of allylic oxidation sites excluding steroid dienone is 2. The predicted octanol–water partition coefficient (Wildman–Crippen LogP) is 4.86. The maximum absolute atomic E-state index is 12.6. The molecule has 0 saturated heterocycles. The van der Waals surface area contributed by atoms with Gasteiger partial charge in [-0.2, -0.15) is 8.42 Å². The molecule has 1 unspecified atom stereocenters. The van der Waals surface area contributed by atoms with Crippen LogP contribution in [0.5, 0.6) is 0 Å². The highest BCUT2D eigenvalue weighted by atomic mass is 32.2. The second-order valence-electron chi connectivity index (χ2n) is 7.79. The lowest BCUT2D eigenvalue weighted by molar-refractivity contribution is -0.154. The summed E-state index contributed by atoms with van der Waals surface area (Å²) in [6.07, 6.45) is 10.1. The Morgan fingerprint density at radius 3 is 2.62 bits per heavy atom. The molecule has 0 spiro atoms. The maximum atomic E-state index is 12.6. The molecule has 158 valence electrons. The summed E-state index contributed by atoms with van der Waals surface area (Å²) in [5.74, 6) is -0.0781. The fourth-order valence-electron chi connectivity index (χ4n) is 4.37. The molecule has 1 fully saturated rings. The molecule has 1 atom stereocenters. The molecule has 1 saturated carbocycles. The molecule has 0 aromatic heterocycles. The Morgan fingerprint density at radius 1 is 1.14 bits per heavy atom. The monoisotopic (exact) mass is 418 g/mol. The van der Waals surface area contributed by atoms with Gasteiger partial charge in [0.2, 0.25) is 0 Å². The zero-order valence-corrected chi connectivity index (χ0v) is 18.1. The molecule has 0 N–H and O–H groups in total. The summed E-state index contributed by atoms with van der Waals surface area (Å²) in [6, 6.07) is 6.63. The molecule has 0 heterocycles. The Labute approximate surface area is 173 Å². The van der Waals surface area contributed by atoms with Gasteiger partial charge in [0.1, 0.15) is 0 Å². The van der Waals surface area contributed by atoms with E-state index in [0.717, 1.165) is 44.1 Å². The highest BCUT2D eigenvalue weighted by Gasteiger charge is 2.48. The van der Waals surface area contributed by atoms with Gasteiger partial charge >= 0.3 is 5.97 Å². The first kappa shape index (κ1) is 21.8. The lowest BCUT2D eigenvalue weighted by atomic mass is 9.71. The van der Waals surface area contributed by atoms with Crippen LogP contribution in [0.15, 0.2) is 52.5 Å². The fraction of sp³-hybridized carbons (Fsp3) is 0.522. The molecule has 2 aliphatic rings. The number of carbonyl (C=O) groups excluding carboxylic acids is 1. The number of hydrogen-bond acceptors (Lipinski definition) is 5. The van der Waals surface area contributed by atoms with E-state index in [0.29, 0.717) is 13.0 Å². The molecule has 0 radical (unpaired) electrons. The van der Waals surface area contributed by atoms with Gasteiger partial charge in [0.25, 0.3) is 10.1 Å². The third kappa shape index (κ3) is 4.81. The van der Waals surface area contributed by atoms with Gasteiger partial charge in [0.15, 0.2) is 0 Å². The van der Waals surface area contributed by atoms with Crippen LogP contribution in [-0.4, -0.2) is 27.6 Å². The van der Waals surface area contributed by atoms with Crippen molar-refractivity contribution in [2.45, 2.75) is 63.7 Å². The van der Waals surface area contributed by atoms with Crippen LogP contribution in [0.25, 0.3) is 0 Å². The third-order valence-corrected chi connectivity index (χ3v) is 7.21. The Morgan fingerprint density at radius 2 is 1.90 bits per heavy atom. The largest absolute Gasteiger partial charge is 0.465 e. The van der Waals surface area contributed by atoms with Crippen molar-refractivity contribution < 1.29 is 22.1 Å². The Bertz CT molecular complexity index is 896. The molecule has 6 heteroatoms. The van der Waals surface area contributed by atoms with Crippen molar-refractivity contribution in [1.82, 2.24) is 0 Å². The van der Waals surface area contributed by atoms with E-state index >= 15 is 0 Å². The Kier molecular flexibility index (Phi) is 6.96. The van der Waals surface area contributed by atoms with E-state index in [-0.39, 0.29) is 17.5 Å². The highest BCUT2D eigenvalue weighted by molar-refractivity contribution is 7.86. The lowest BCUT2D eigenvalue weighted by Gasteiger charge is -2.34. The highest BCUT2D eigenvalue weighted by Crippen LogP contribution is 2.52. The maximum Gasteiger partial charge on any atom is 0.316 e. The normalized spacial score (nSPS) is 22.1. The van der Waals surface area contributed by atoms with Crippen molar-refractivity contribution in [3.05, 3.63) is 53.1 Å². The second kappa shape index (κ2) is 9.26. The minimum absolute atomic E-state index is 0.0781. The van der Waals surface area contributed by atoms with Crippen molar-refractivity contribution in [3.8, 4) is 0 Å². The number of benzene rings is 1. The summed E-state index contributed by atoms with van der Waals surface area (Å²) in [4.78, 5) is 12.8. The van der Waals surface area contributed by atoms with E-state index in [1.165, 1.54) is 11.1 Å². The van der Waals surface area contributed by atoms with Gasteiger partial charge in [0.05, 0.1) is 23.5 Å². The van der Waals surface area contributed by atoms with Crippen LogP contribution in [0.1, 0.15) is 57.4 Å². The quantitative estimate of drug-likeness (QED) is 0.342. The van der Waals surface area contributed by atoms with E-state index in [1.807, 2.05) is 26.0 Å². The number of hydrogen-bond donors (Lipinski definition) is 0. The second-order valence-corrected chi connectivity index (χ2v) is 9.41. The molecule has 1 aromatic rings. The minimum Gasteiger partial charge on any atom is -0.465 e. The van der Waals surface area contributed by atoms with Crippen LogP contribution in [0.3, 0.4) is 0 Å². The number of esters is 1. The van der Waals surface area contributed by atoms with E-state index in [2.05, 4.69) is 0 Å². The number of carbonyl (C=O) groups is 1. The standard InChI is InChI=1S/C23H30O5S/c1-3-27-22(24)23-15-6-4-9-21(23)19(14-16-23)8-5-7-17-28-29(25,26)20-12-10-18(2)11-13-20/h5,8,10-13H,3-4,6-7,9,14-17H2,1-2H3/b8-5+. The first-order valence-electron chi connectivity index (χ1n) is 10.4. The van der Waals surface area contributed by atoms with Gasteiger partial charge in [-0.05, 0) is 75.7 Å². The van der Waals surface area contributed by atoms with Gasteiger partial charge in [-0.25, -0.2) is 0 Å². The van der Waals surface area contributed by atoms with Crippen LogP contribution in [0.4, 0.5) is 0 Å². The van der Waals surface area contributed by atoms with E-state index < -0.39 is 15.5 Å². The zero-order chi connectivity index (χ0) is 20.9. The molecule has 5 nitrogen and oxygen atoms in total. The third-order valence-electron chi connectivity index (χ3n) is 5.88. The average Bonchev–Trinajstić information content (AvgIpc) is 3.08. The summed E-state index contributed by atoms with van der Waals surface area (Å²) < 4.78 is 35.0. The summed E-state index contributed by atoms with van der Waals surface area (Å²) in [7, 11) is -3.73. The van der Waals surface area contributed by atoms with Crippen molar-refractivity contribution in [1.29, 1.82) is 0 Å². The smallest absolute Gasteiger partial charge is 0.316 e. The fourth-order valence-corrected chi connectivity index (χ4v) is 5.29. The molecule has 0 aliphatic heterocycles. The topological polar surface area (TPSA) is 69.7 Å². The van der Waals surface area contributed by atoms with Crippen molar-refractivity contribution in [3.63, 3.8) is 0 Å². The van der Waals surface area contributed by atoms with Crippen LogP contribution < -0.4 is 0 Å². The van der Waals surface area contributed by atoms with Gasteiger partial charge in [-0.3, -0.25) is 8.98 Å². The number of aryl methyl sites for hydroxylation is 1. The first-order valence-corrected chi connectivity index (χ1v) is 11.8. The molecule has 1 aromatic carbocycles. The molecular weight excluding hydrogens is 388 g/mol. The average molecular weight is 419 g/mol. The summed E-state index contributed by atoms with van der Waals surface area (Å²) in [6.45, 7) is 4.26. The number of rotatable bonds is 8. The molecule has 29 heavy (non-hydrogen) atoms. The van der Waals surface area contributed by atoms with Gasteiger partial charge in [-0.1, -0.05) is 36.3 Å². The minimum atomic E-state index is -3.73. The molecule has 3 rings (SSSR count). The van der Waals surface area contributed by atoms with Crippen LogP contribution in [0, 0.1) is 12.3 Å². The Balaban J connectivity index is 1.60. The molecule has 0 amide bonds. The van der Waals surface area contributed by atoms with Crippen molar-refractivity contribution >= 4 is 16.1 Å². The summed E-state index contributed by atoms with van der Waals surface area (Å²) >= 11 is 0. The molecule has 2 aliphatic carbocycles. The SMILES string of the molecule is CCOC(=O)C12CCCCC1=C(/C=C/CCOS(=O)(=O)c1ccc(C)cc1)CC2. The first-order chi connectivity index (χ1) is 13.9. The Hall–Kier alpha value is -1.92. The van der Waals surface area contributed by atoms with Crippen LogP contribution >= 0.6 is 0 Å². The van der Waals surface area contributed by atoms with Crippen molar-refractivity contribution in [2.24, 2.45) is 5.41 Å². The van der Waals surface area contributed by atoms with Crippen LogP contribution in [-0.2, 0) is 23.8 Å². The van der Waals surface area contributed by atoms with E-state index in [4.69, 9.17) is 8.92 Å². The number of ether oxygens (including phenoxy) is 1. The van der Waals surface area contributed by atoms with Gasteiger partial charge < -0.3 is 4.74 Å². The van der Waals surface area contributed by atoms with E-state index in [9.17, 15) is 13.2 Å². The van der Waals surface area contributed by atoms with Crippen molar-refractivity contribution in [2.75, 3.05) is 13.2 Å². The zero-order valence-electron chi connectivity index (χ0n) is 17.3. The summed E-state index contributed by atoms with van der Waals surface area (Å²) in [5, 5.41) is 0. The van der Waals surface area contributed by atoms with E-state index in [1.54, 1.807) is 24.3 Å².